The second-order valence-corrected chi connectivity index (χ2v) is 3.84. The molecular formula is C10H10BrNO6. The van der Waals surface area contributed by atoms with E-state index in [1.165, 1.54) is 12.1 Å². The normalized spacial score (nSPS) is 10.0. The summed E-state index contributed by atoms with van der Waals surface area (Å²) in [7, 11) is 2.18. The molecule has 1 heterocycles. The van der Waals surface area contributed by atoms with Gasteiger partial charge in [0.15, 0.2) is 10.4 Å². The van der Waals surface area contributed by atoms with Gasteiger partial charge in [0.1, 0.15) is 0 Å². The van der Waals surface area contributed by atoms with Crippen molar-refractivity contribution in [2.75, 3.05) is 14.2 Å². The van der Waals surface area contributed by atoms with Gasteiger partial charge in [0.05, 0.1) is 14.2 Å². The van der Waals surface area contributed by atoms with Gasteiger partial charge in [-0.05, 0) is 28.1 Å². The Morgan fingerprint density at radius 2 is 1.78 bits per heavy atom. The zero-order valence-electron chi connectivity index (χ0n) is 9.56. The zero-order chi connectivity index (χ0) is 13.7. The van der Waals surface area contributed by atoms with E-state index in [0.29, 0.717) is 4.67 Å². The Morgan fingerprint density at radius 3 is 2.17 bits per heavy atom. The molecule has 0 aliphatic rings. The molecule has 1 rings (SSSR count). The van der Waals surface area contributed by atoms with E-state index in [4.69, 9.17) is 4.42 Å². The third kappa shape index (κ3) is 3.33. The Kier molecular flexibility index (Phi) is 4.90. The van der Waals surface area contributed by atoms with Gasteiger partial charge in [-0.3, -0.25) is 4.79 Å². The van der Waals surface area contributed by atoms with Crippen molar-refractivity contribution in [2.24, 2.45) is 0 Å². The molecule has 0 aliphatic carbocycles. The molecule has 0 saturated carbocycles. The van der Waals surface area contributed by atoms with Crippen molar-refractivity contribution in [3.63, 3.8) is 0 Å². The first-order valence-corrected chi connectivity index (χ1v) is 5.50. The average Bonchev–Trinajstić information content (AvgIpc) is 2.80. The number of carbonyl (C=O) groups excluding carboxylic acids is 3. The highest BCUT2D eigenvalue weighted by Gasteiger charge is 2.31. The van der Waals surface area contributed by atoms with Crippen molar-refractivity contribution in [3.8, 4) is 0 Å². The molecule has 0 radical (unpaired) electrons. The average molecular weight is 320 g/mol. The van der Waals surface area contributed by atoms with Gasteiger partial charge in [0.25, 0.3) is 5.91 Å². The van der Waals surface area contributed by atoms with Crippen molar-refractivity contribution >= 4 is 33.8 Å². The monoisotopic (exact) mass is 319 g/mol. The van der Waals surface area contributed by atoms with E-state index in [9.17, 15) is 14.4 Å². The predicted molar refractivity (Wildman–Crippen MR) is 61.7 cm³/mol. The van der Waals surface area contributed by atoms with Crippen molar-refractivity contribution < 1.29 is 28.3 Å². The van der Waals surface area contributed by atoms with Crippen LogP contribution < -0.4 is 5.32 Å². The Hall–Kier alpha value is -1.83. The lowest BCUT2D eigenvalue weighted by Gasteiger charge is -2.12. The Labute approximate surface area is 111 Å². The number of nitrogens with one attached hydrogen (secondary N) is 1. The molecule has 18 heavy (non-hydrogen) atoms. The molecule has 98 valence electrons. The fourth-order valence-corrected chi connectivity index (χ4v) is 1.39. The molecule has 8 heteroatoms. The highest BCUT2D eigenvalue weighted by Crippen LogP contribution is 2.14. The van der Waals surface area contributed by atoms with E-state index < -0.39 is 23.9 Å². The lowest BCUT2D eigenvalue weighted by Crippen LogP contribution is -2.47. The van der Waals surface area contributed by atoms with Crippen LogP contribution in [0.15, 0.2) is 21.2 Å². The third-order valence-electron chi connectivity index (χ3n) is 1.95. The van der Waals surface area contributed by atoms with Gasteiger partial charge >= 0.3 is 11.9 Å². The number of methoxy groups -OCH3 is 2. The molecule has 0 unspecified atom stereocenters. The topological polar surface area (TPSA) is 94.8 Å². The van der Waals surface area contributed by atoms with Gasteiger partial charge in [-0.25, -0.2) is 9.59 Å². The van der Waals surface area contributed by atoms with Crippen LogP contribution in [-0.4, -0.2) is 38.1 Å². The van der Waals surface area contributed by atoms with Gasteiger partial charge in [0.2, 0.25) is 6.04 Å². The van der Waals surface area contributed by atoms with E-state index in [-0.39, 0.29) is 5.76 Å². The Bertz CT molecular complexity index is 453. The third-order valence-corrected chi connectivity index (χ3v) is 2.37. The number of furan rings is 1. The number of carbonyl (C=O) groups is 3. The van der Waals surface area contributed by atoms with Gasteiger partial charge < -0.3 is 19.2 Å². The van der Waals surface area contributed by atoms with Gasteiger partial charge in [-0.15, -0.1) is 0 Å². The first-order chi connectivity index (χ1) is 8.49. The maximum absolute atomic E-state index is 11.7. The van der Waals surface area contributed by atoms with Crippen molar-refractivity contribution in [1.82, 2.24) is 5.32 Å². The van der Waals surface area contributed by atoms with E-state index in [1.54, 1.807) is 0 Å². The fraction of sp³-hybridized carbons (Fsp3) is 0.300. The Morgan fingerprint density at radius 1 is 1.22 bits per heavy atom. The number of amides is 1. The van der Waals surface area contributed by atoms with Gasteiger partial charge in [-0.1, -0.05) is 0 Å². The lowest BCUT2D eigenvalue weighted by atomic mass is 10.3. The van der Waals surface area contributed by atoms with Crippen LogP contribution in [0.25, 0.3) is 0 Å². The van der Waals surface area contributed by atoms with Gasteiger partial charge in [0, 0.05) is 0 Å². The molecule has 0 fully saturated rings. The van der Waals surface area contributed by atoms with Crippen LogP contribution in [0.3, 0.4) is 0 Å². The second-order valence-electron chi connectivity index (χ2n) is 3.06. The molecule has 0 bridgehead atoms. The first-order valence-electron chi connectivity index (χ1n) is 4.71. The van der Waals surface area contributed by atoms with Crippen LogP contribution in [0, 0.1) is 0 Å². The summed E-state index contributed by atoms with van der Waals surface area (Å²) in [5.74, 6) is -2.65. The van der Waals surface area contributed by atoms with Crippen molar-refractivity contribution in [2.45, 2.75) is 6.04 Å². The number of ether oxygens (including phenoxy) is 2. The smallest absolute Gasteiger partial charge is 0.340 e. The van der Waals surface area contributed by atoms with Crippen LogP contribution in [0.2, 0.25) is 0 Å². The van der Waals surface area contributed by atoms with E-state index in [1.807, 2.05) is 0 Å². The molecule has 0 saturated heterocycles. The SMILES string of the molecule is COC(=O)C(NC(=O)c1ccc(Br)o1)C(=O)OC. The summed E-state index contributed by atoms with van der Waals surface area (Å²) in [5, 5.41) is 2.15. The minimum absolute atomic E-state index is 0.0559. The first kappa shape index (κ1) is 14.2. The molecule has 1 aromatic heterocycles. The van der Waals surface area contributed by atoms with Crippen molar-refractivity contribution in [1.29, 1.82) is 0 Å². The van der Waals surface area contributed by atoms with Crippen LogP contribution in [0.1, 0.15) is 10.6 Å². The quantitative estimate of drug-likeness (QED) is 0.641. The van der Waals surface area contributed by atoms with E-state index in [0.717, 1.165) is 14.2 Å². The van der Waals surface area contributed by atoms with Crippen LogP contribution >= 0.6 is 15.9 Å². The summed E-state index contributed by atoms with van der Waals surface area (Å²) in [4.78, 5) is 34.3. The minimum atomic E-state index is -1.53. The molecular weight excluding hydrogens is 310 g/mol. The maximum Gasteiger partial charge on any atom is 0.340 e. The van der Waals surface area contributed by atoms with Crippen LogP contribution in [-0.2, 0) is 19.1 Å². The second kappa shape index (κ2) is 6.20. The van der Waals surface area contributed by atoms with Crippen molar-refractivity contribution in [3.05, 3.63) is 22.6 Å². The molecule has 1 aromatic rings. The largest absolute Gasteiger partial charge is 0.467 e. The number of rotatable bonds is 4. The van der Waals surface area contributed by atoms with Crippen LogP contribution in [0.4, 0.5) is 0 Å². The van der Waals surface area contributed by atoms with Gasteiger partial charge in [-0.2, -0.15) is 0 Å². The molecule has 0 spiro atoms. The summed E-state index contributed by atoms with van der Waals surface area (Å²) in [5.41, 5.74) is 0. The molecule has 1 N–H and O–H groups in total. The summed E-state index contributed by atoms with van der Waals surface area (Å²) < 4.78 is 14.1. The number of halogens is 1. The summed E-state index contributed by atoms with van der Waals surface area (Å²) in [6.07, 6.45) is 0. The summed E-state index contributed by atoms with van der Waals surface area (Å²) >= 11 is 3.02. The summed E-state index contributed by atoms with van der Waals surface area (Å²) in [6, 6.07) is 1.35. The standard InChI is InChI=1S/C10H10BrNO6/c1-16-9(14)7(10(15)17-2)12-8(13)5-3-4-6(11)18-5/h3-4,7H,1-2H3,(H,12,13). The molecule has 0 atom stereocenters. The number of esters is 2. The molecule has 7 nitrogen and oxygen atoms in total. The highest BCUT2D eigenvalue weighted by molar-refractivity contribution is 9.10. The molecule has 0 aromatic carbocycles. The molecule has 0 aliphatic heterocycles. The number of hydrogen-bond donors (Lipinski definition) is 1. The predicted octanol–water partition coefficient (Wildman–Crippen LogP) is 0.486. The van der Waals surface area contributed by atoms with Crippen LogP contribution in [0.5, 0.6) is 0 Å². The number of hydrogen-bond acceptors (Lipinski definition) is 6. The summed E-state index contributed by atoms with van der Waals surface area (Å²) in [6.45, 7) is 0. The Balaban J connectivity index is 2.81. The van der Waals surface area contributed by atoms with E-state index >= 15 is 0 Å². The lowest BCUT2D eigenvalue weighted by molar-refractivity contribution is -0.154. The highest BCUT2D eigenvalue weighted by atomic mass is 79.9. The minimum Gasteiger partial charge on any atom is -0.467 e. The zero-order valence-corrected chi connectivity index (χ0v) is 11.1. The van der Waals surface area contributed by atoms with E-state index in [2.05, 4.69) is 30.7 Å². The fourth-order valence-electron chi connectivity index (χ4n) is 1.09. The molecule has 1 amide bonds. The maximum atomic E-state index is 11.7.